The van der Waals surface area contributed by atoms with E-state index in [0.29, 0.717) is 30.0 Å². The summed E-state index contributed by atoms with van der Waals surface area (Å²) in [6.07, 6.45) is 2.60. The second kappa shape index (κ2) is 12.3. The lowest BCUT2D eigenvalue weighted by atomic mass is 9.84. The molecule has 1 heterocycles. The van der Waals surface area contributed by atoms with Gasteiger partial charge < -0.3 is 14.9 Å². The number of nitrogens with zero attached hydrogens (tertiary/aromatic N) is 2. The van der Waals surface area contributed by atoms with Gasteiger partial charge in [0.15, 0.2) is 0 Å². The van der Waals surface area contributed by atoms with Crippen LogP contribution in [0.5, 0.6) is 0 Å². The highest BCUT2D eigenvalue weighted by Gasteiger charge is 2.38. The molecule has 2 atom stereocenters. The van der Waals surface area contributed by atoms with E-state index in [-0.39, 0.29) is 23.8 Å². The Bertz CT molecular complexity index is 1370. The van der Waals surface area contributed by atoms with Crippen molar-refractivity contribution in [3.63, 3.8) is 0 Å². The lowest BCUT2D eigenvalue weighted by Crippen LogP contribution is -2.46. The molecule has 3 aromatic rings. The number of anilines is 2. The largest absolute Gasteiger partial charge is 0.481 e. The first-order valence-corrected chi connectivity index (χ1v) is 14.2. The third-order valence-corrected chi connectivity index (χ3v) is 8.13. The third kappa shape index (κ3) is 6.23. The molecule has 7 heteroatoms. The van der Waals surface area contributed by atoms with Crippen molar-refractivity contribution in [1.29, 1.82) is 0 Å². The summed E-state index contributed by atoms with van der Waals surface area (Å²) in [4.78, 5) is 42.6. The Kier molecular flexibility index (Phi) is 8.99. The number of amides is 2. The molecular formula is C33H37ClN2O4. The maximum absolute atomic E-state index is 13.8. The first-order valence-electron chi connectivity index (χ1n) is 13.8. The minimum atomic E-state index is -0.791. The van der Waals surface area contributed by atoms with Gasteiger partial charge in [0.1, 0.15) is 0 Å². The molecule has 1 aliphatic rings. The van der Waals surface area contributed by atoms with E-state index >= 15 is 0 Å². The number of carboxylic acid groups (broad SMARTS) is 1. The number of fused-ring (bicyclic) bond motifs is 1. The number of carbonyl (C=O) groups excluding carboxylic acids is 2. The number of carbonyl (C=O) groups is 3. The summed E-state index contributed by atoms with van der Waals surface area (Å²) in [5.41, 5.74) is 3.30. The maximum Gasteiger partial charge on any atom is 0.309 e. The van der Waals surface area contributed by atoms with Crippen molar-refractivity contribution in [1.82, 2.24) is 0 Å². The van der Waals surface area contributed by atoms with E-state index in [4.69, 9.17) is 11.6 Å². The van der Waals surface area contributed by atoms with Gasteiger partial charge in [0.25, 0.3) is 5.91 Å². The van der Waals surface area contributed by atoms with Crippen molar-refractivity contribution in [2.45, 2.75) is 65.3 Å². The lowest BCUT2D eigenvalue weighted by molar-refractivity contribution is -0.147. The molecule has 0 aliphatic carbocycles. The summed E-state index contributed by atoms with van der Waals surface area (Å²) in [6, 6.07) is 22.3. The normalized spacial score (nSPS) is 16.8. The lowest BCUT2D eigenvalue weighted by Gasteiger charge is -2.40. The summed E-state index contributed by atoms with van der Waals surface area (Å²) in [5.74, 6) is -1.26. The van der Waals surface area contributed by atoms with Crippen LogP contribution in [0.15, 0.2) is 72.8 Å². The van der Waals surface area contributed by atoms with E-state index in [9.17, 15) is 19.5 Å². The molecule has 0 radical (unpaired) electrons. The number of hydrogen-bond donors (Lipinski definition) is 1. The molecule has 40 heavy (non-hydrogen) atoms. The Morgan fingerprint density at radius 2 is 1.65 bits per heavy atom. The van der Waals surface area contributed by atoms with Crippen LogP contribution in [0.2, 0.25) is 5.02 Å². The van der Waals surface area contributed by atoms with Gasteiger partial charge in [0, 0.05) is 34.5 Å². The van der Waals surface area contributed by atoms with Gasteiger partial charge in [-0.15, -0.1) is 0 Å². The molecular weight excluding hydrogens is 524 g/mol. The van der Waals surface area contributed by atoms with Crippen molar-refractivity contribution in [3.05, 3.63) is 94.5 Å². The zero-order valence-corrected chi connectivity index (χ0v) is 24.3. The third-order valence-electron chi connectivity index (χ3n) is 7.87. The first-order chi connectivity index (χ1) is 19.0. The minimum absolute atomic E-state index is 0.00616. The molecule has 1 aliphatic heterocycles. The fourth-order valence-electron chi connectivity index (χ4n) is 5.43. The fraction of sp³-hybridized carbons (Fsp3) is 0.364. The Balaban J connectivity index is 1.53. The number of aliphatic carboxylic acids is 1. The second-order valence-corrected chi connectivity index (χ2v) is 11.6. The van der Waals surface area contributed by atoms with Crippen molar-refractivity contribution in [2.75, 3.05) is 16.3 Å². The van der Waals surface area contributed by atoms with Crippen molar-refractivity contribution >= 4 is 40.8 Å². The average molecular weight is 561 g/mol. The quantitative estimate of drug-likeness (QED) is 0.297. The topological polar surface area (TPSA) is 77.9 Å². The van der Waals surface area contributed by atoms with E-state index in [1.54, 1.807) is 30.9 Å². The predicted molar refractivity (Wildman–Crippen MR) is 160 cm³/mol. The Morgan fingerprint density at radius 3 is 2.27 bits per heavy atom. The van der Waals surface area contributed by atoms with E-state index in [1.165, 1.54) is 0 Å². The monoisotopic (exact) mass is 560 g/mol. The van der Waals surface area contributed by atoms with Gasteiger partial charge in [0.2, 0.25) is 5.91 Å². The van der Waals surface area contributed by atoms with Gasteiger partial charge in [-0.25, -0.2) is 0 Å². The van der Waals surface area contributed by atoms with E-state index < -0.39 is 11.4 Å². The molecule has 6 nitrogen and oxygen atoms in total. The number of hydrogen-bond acceptors (Lipinski definition) is 3. The molecule has 0 fully saturated rings. The van der Waals surface area contributed by atoms with Crippen LogP contribution in [0, 0.1) is 5.41 Å². The molecule has 2 amide bonds. The van der Waals surface area contributed by atoms with Crippen LogP contribution in [0.25, 0.3) is 0 Å². The van der Waals surface area contributed by atoms with Crippen molar-refractivity contribution in [2.24, 2.45) is 5.41 Å². The summed E-state index contributed by atoms with van der Waals surface area (Å²) < 4.78 is 0. The highest BCUT2D eigenvalue weighted by atomic mass is 35.5. The summed E-state index contributed by atoms with van der Waals surface area (Å²) in [5, 5.41) is 9.95. The van der Waals surface area contributed by atoms with Crippen LogP contribution < -0.4 is 9.80 Å². The van der Waals surface area contributed by atoms with Gasteiger partial charge in [-0.1, -0.05) is 41.9 Å². The zero-order chi connectivity index (χ0) is 29.0. The van der Waals surface area contributed by atoms with Crippen LogP contribution in [0.1, 0.15) is 74.4 Å². The second-order valence-electron chi connectivity index (χ2n) is 11.2. The summed E-state index contributed by atoms with van der Waals surface area (Å²) in [6.45, 7) is 7.95. The van der Waals surface area contributed by atoms with Gasteiger partial charge in [-0.05, 0) is 107 Å². The number of para-hydroxylation sites is 1. The smallest absolute Gasteiger partial charge is 0.309 e. The van der Waals surface area contributed by atoms with E-state index in [1.807, 2.05) is 79.4 Å². The Hall–Kier alpha value is -3.64. The molecule has 0 saturated heterocycles. The zero-order valence-electron chi connectivity index (χ0n) is 23.6. The molecule has 3 aromatic carbocycles. The van der Waals surface area contributed by atoms with E-state index in [2.05, 4.69) is 0 Å². The van der Waals surface area contributed by atoms with Crippen LogP contribution in [0.4, 0.5) is 11.4 Å². The molecule has 0 bridgehead atoms. The Morgan fingerprint density at radius 1 is 1.00 bits per heavy atom. The van der Waals surface area contributed by atoms with Crippen LogP contribution in [-0.4, -0.2) is 35.5 Å². The minimum Gasteiger partial charge on any atom is -0.481 e. The highest BCUT2D eigenvalue weighted by molar-refractivity contribution is 6.30. The maximum atomic E-state index is 13.8. The highest BCUT2D eigenvalue weighted by Crippen LogP contribution is 2.41. The van der Waals surface area contributed by atoms with Gasteiger partial charge >= 0.3 is 5.97 Å². The van der Waals surface area contributed by atoms with E-state index in [0.717, 1.165) is 35.3 Å². The summed E-state index contributed by atoms with van der Waals surface area (Å²) in [7, 11) is 0. The van der Waals surface area contributed by atoms with Crippen LogP contribution in [0.3, 0.4) is 0 Å². The number of benzene rings is 3. The predicted octanol–water partition coefficient (Wildman–Crippen LogP) is 7.35. The molecule has 0 aromatic heterocycles. The molecule has 210 valence electrons. The first kappa shape index (κ1) is 29.3. The number of aryl methyl sites for hydroxylation is 1. The number of rotatable bonds is 9. The Labute approximate surface area is 241 Å². The standard InChI is InChI=1S/C33H37ClN2O4/c1-5-35(26-18-16-25(34)17-19-26)31(38)28-21-22(2)36(29-11-7-6-10-27(28)29)30(37)24-14-12-23(13-15-24)9-8-20-33(3,4)32(39)40/h6-7,10-19,22,28H,5,8-9,20-21H2,1-4H3,(H,39,40)/t22-,28-/m0/s1. The molecule has 4 rings (SSSR count). The number of halogens is 1. The van der Waals surface area contributed by atoms with Gasteiger partial charge in [-0.3, -0.25) is 14.4 Å². The average Bonchev–Trinajstić information content (AvgIpc) is 2.94. The number of likely N-dealkylation sites (N-methyl/N-ethyl adjacent to an activating group) is 1. The number of carboxylic acids is 1. The molecule has 0 spiro atoms. The van der Waals surface area contributed by atoms with Crippen molar-refractivity contribution in [3.8, 4) is 0 Å². The van der Waals surface area contributed by atoms with Crippen LogP contribution >= 0.6 is 11.6 Å². The molecule has 0 unspecified atom stereocenters. The molecule has 0 saturated carbocycles. The SMILES string of the molecule is CCN(C(=O)[C@H]1C[C@H](C)N(C(=O)c2ccc(CCCC(C)(C)C(=O)O)cc2)c2ccccc21)c1ccc(Cl)cc1. The van der Waals surface area contributed by atoms with Gasteiger partial charge in [-0.2, -0.15) is 0 Å². The van der Waals surface area contributed by atoms with Gasteiger partial charge in [0.05, 0.1) is 11.3 Å². The fourth-order valence-corrected chi connectivity index (χ4v) is 5.55. The molecule has 1 N–H and O–H groups in total. The van der Waals surface area contributed by atoms with Crippen molar-refractivity contribution < 1.29 is 19.5 Å². The van der Waals surface area contributed by atoms with Crippen LogP contribution in [-0.2, 0) is 16.0 Å². The summed E-state index contributed by atoms with van der Waals surface area (Å²) >= 11 is 6.07.